The number of aryl methyl sites for hydroxylation is 1. The van der Waals surface area contributed by atoms with E-state index in [4.69, 9.17) is 15.2 Å². The lowest BCUT2D eigenvalue weighted by atomic mass is 10.0. The number of β-amino-alcohol motifs (C(OH)–C–C–N with tert-alkyl or cyclic N) is 1. The third kappa shape index (κ3) is 11.1. The van der Waals surface area contributed by atoms with Crippen LogP contribution in [0.1, 0.15) is 63.4 Å². The molecule has 19 nitrogen and oxygen atoms in total. The zero-order valence-electron chi connectivity index (χ0n) is 42.5. The zero-order valence-corrected chi connectivity index (χ0v) is 43.4. The standard InChI is InChI=1S/C54H67N13O6S/c1-34(2)50(54(71)65-31-42(68)26-47(65)53(70)59-35(3)37-9-11-38(12-10-37)51-36(4)57-33-74-51)66-32-43(28-58-66)72-23-21-62-17-19-63(20-18-62)22-24-73-49-25-39(15-16-56-49)67-40-13-14-41(67)30-64(29-40)46-27-45(60-61-52(46)55)44-7-5-6-8-48(44)69/h5-12,15-16,25,27-28,32-35,40-42,47,50,68-69H,13-14,17-24,26,29-31H2,1-4H3,(H2,55,61)(H,59,70)/t35-,40?,41?,42?,47?,50?/m0/s1. The number of phenolic OH excluding ortho intramolecular Hbond substituents is 1. The number of thiazole rings is 1. The molecular weight excluding hydrogens is 959 g/mol. The van der Waals surface area contributed by atoms with Crippen LogP contribution < -0.4 is 30.3 Å². The summed E-state index contributed by atoms with van der Waals surface area (Å²) in [4.78, 5) is 49.2. The first-order valence-electron chi connectivity index (χ1n) is 25.8. The van der Waals surface area contributed by atoms with Crippen molar-refractivity contribution in [3.63, 3.8) is 0 Å². The lowest BCUT2D eigenvalue weighted by molar-refractivity contribution is -0.142. The Labute approximate surface area is 435 Å². The Balaban J connectivity index is 0.655. The predicted molar refractivity (Wildman–Crippen MR) is 284 cm³/mol. The number of hydrogen-bond donors (Lipinski definition) is 4. The number of ether oxygens (including phenoxy) is 2. The highest BCUT2D eigenvalue weighted by Crippen LogP contribution is 2.40. The maximum absolute atomic E-state index is 14.3. The molecule has 4 saturated heterocycles. The van der Waals surface area contributed by atoms with Gasteiger partial charge in [-0.25, -0.2) is 9.97 Å². The summed E-state index contributed by atoms with van der Waals surface area (Å²) in [6.45, 7) is 15.7. The number of aliphatic hydroxyl groups excluding tert-OH is 1. The number of anilines is 3. The highest BCUT2D eigenvalue weighted by atomic mass is 32.1. The number of amides is 2. The van der Waals surface area contributed by atoms with Crippen molar-refractivity contribution in [2.75, 3.05) is 87.7 Å². The molecule has 0 saturated carbocycles. The molecule has 6 aromatic rings. The van der Waals surface area contributed by atoms with Crippen LogP contribution in [0.5, 0.6) is 17.4 Å². The summed E-state index contributed by atoms with van der Waals surface area (Å²) >= 11 is 1.59. The SMILES string of the molecule is Cc1ncsc1-c1ccc([C@H](C)NC(=O)C2CC(O)CN2C(=O)C(C(C)C)n2cc(OCCN3CCN(CCOc4cc(N5C6CCC5CN(c5cc(-c7ccccc7O)nnc5N)C6)ccn4)CC3)cn2)cc1. The highest BCUT2D eigenvalue weighted by Gasteiger charge is 2.44. The first kappa shape index (κ1) is 50.7. The predicted octanol–water partition coefficient (Wildman–Crippen LogP) is 5.42. The summed E-state index contributed by atoms with van der Waals surface area (Å²) in [7, 11) is 0. The van der Waals surface area contributed by atoms with E-state index in [-0.39, 0.29) is 54.6 Å². The molecule has 4 aliphatic rings. The van der Waals surface area contributed by atoms with Gasteiger partial charge >= 0.3 is 0 Å². The summed E-state index contributed by atoms with van der Waals surface area (Å²) in [5, 5.41) is 37.4. The molecule has 6 atom stereocenters. The van der Waals surface area contributed by atoms with Crippen LogP contribution in [-0.4, -0.2) is 163 Å². The smallest absolute Gasteiger partial charge is 0.248 e. The maximum atomic E-state index is 14.3. The highest BCUT2D eigenvalue weighted by molar-refractivity contribution is 7.13. The molecule has 0 radical (unpaired) electrons. The average molecular weight is 1030 g/mol. The zero-order chi connectivity index (χ0) is 51.5. The number of nitrogens with one attached hydrogen (secondary N) is 1. The first-order valence-corrected chi connectivity index (χ1v) is 26.7. The van der Waals surface area contributed by atoms with Crippen molar-refractivity contribution in [1.29, 1.82) is 0 Å². The van der Waals surface area contributed by atoms with Crippen LogP contribution in [0.4, 0.5) is 17.2 Å². The molecule has 390 valence electrons. The van der Waals surface area contributed by atoms with Gasteiger partial charge in [-0.15, -0.1) is 21.5 Å². The molecule has 2 bridgehead atoms. The van der Waals surface area contributed by atoms with Gasteiger partial charge in [0.1, 0.15) is 31.0 Å². The van der Waals surface area contributed by atoms with E-state index in [0.29, 0.717) is 41.9 Å². The number of fused-ring (bicyclic) bond motifs is 2. The molecule has 2 aromatic carbocycles. The van der Waals surface area contributed by atoms with E-state index in [2.05, 4.69) is 62.3 Å². The van der Waals surface area contributed by atoms with Crippen molar-refractivity contribution < 1.29 is 29.3 Å². The van der Waals surface area contributed by atoms with Gasteiger partial charge in [-0.3, -0.25) is 24.1 Å². The summed E-state index contributed by atoms with van der Waals surface area (Å²) in [6, 6.07) is 20.0. The molecule has 5 N–H and O–H groups in total. The Morgan fingerprint density at radius 2 is 1.61 bits per heavy atom. The van der Waals surface area contributed by atoms with Gasteiger partial charge < -0.3 is 45.4 Å². The number of nitrogens with two attached hydrogens (primary N) is 1. The lowest BCUT2D eigenvalue weighted by Gasteiger charge is -2.43. The second-order valence-corrected chi connectivity index (χ2v) is 21.2. The van der Waals surface area contributed by atoms with E-state index in [1.165, 1.54) is 4.90 Å². The van der Waals surface area contributed by atoms with Gasteiger partial charge in [0.15, 0.2) is 11.6 Å². The number of hydrogen-bond acceptors (Lipinski definition) is 17. The number of benzene rings is 2. The number of nitrogen functional groups attached to an aromatic ring is 1. The van der Waals surface area contributed by atoms with Crippen LogP contribution in [0.25, 0.3) is 21.7 Å². The Morgan fingerprint density at radius 1 is 0.892 bits per heavy atom. The van der Waals surface area contributed by atoms with Crippen molar-refractivity contribution in [3.05, 3.63) is 102 Å². The van der Waals surface area contributed by atoms with E-state index in [1.54, 1.807) is 40.5 Å². The maximum Gasteiger partial charge on any atom is 0.248 e. The fraction of sp³-hybridized carbons (Fsp3) is 0.463. The number of rotatable bonds is 18. The van der Waals surface area contributed by atoms with Crippen LogP contribution in [0.3, 0.4) is 0 Å². The van der Waals surface area contributed by atoms with E-state index in [9.17, 15) is 19.8 Å². The van der Waals surface area contributed by atoms with Crippen molar-refractivity contribution in [2.45, 2.75) is 83.3 Å². The minimum atomic E-state index is -0.810. The molecule has 0 aliphatic carbocycles. The fourth-order valence-electron chi connectivity index (χ4n) is 11.1. The Morgan fingerprint density at radius 3 is 2.30 bits per heavy atom. The van der Waals surface area contributed by atoms with Crippen molar-refractivity contribution in [2.24, 2.45) is 5.92 Å². The quantitative estimate of drug-likeness (QED) is 0.0845. The Bertz CT molecular complexity index is 2880. The number of carbonyl (C=O) groups is 2. The normalized spacial score (nSPS) is 21.0. The number of carbonyl (C=O) groups excluding carboxylic acids is 2. The van der Waals surface area contributed by atoms with Crippen molar-refractivity contribution in [3.8, 4) is 39.1 Å². The molecule has 74 heavy (non-hydrogen) atoms. The minimum absolute atomic E-state index is 0.0728. The summed E-state index contributed by atoms with van der Waals surface area (Å²) in [5.74, 6) is 1.03. The topological polar surface area (TPSA) is 217 Å². The van der Waals surface area contributed by atoms with Gasteiger partial charge in [0.2, 0.25) is 17.7 Å². The number of pyridine rings is 1. The first-order chi connectivity index (χ1) is 35.9. The number of aromatic nitrogens is 6. The largest absolute Gasteiger partial charge is 0.507 e. The monoisotopic (exact) mass is 1030 g/mol. The molecule has 8 heterocycles. The second kappa shape index (κ2) is 22.3. The number of aliphatic hydroxyl groups is 1. The van der Waals surface area contributed by atoms with Gasteiger partial charge in [-0.2, -0.15) is 5.10 Å². The van der Waals surface area contributed by atoms with Crippen LogP contribution in [0.15, 0.2) is 90.8 Å². The van der Waals surface area contributed by atoms with Gasteiger partial charge in [-0.05, 0) is 68.0 Å². The molecule has 20 heteroatoms. The molecule has 2 amide bonds. The Kier molecular flexibility index (Phi) is 15.3. The summed E-state index contributed by atoms with van der Waals surface area (Å²) in [6.07, 6.45) is 6.71. The summed E-state index contributed by atoms with van der Waals surface area (Å²) in [5.41, 5.74) is 14.4. The fourth-order valence-corrected chi connectivity index (χ4v) is 11.9. The average Bonchev–Trinajstić information content (AvgIpc) is 4.20. The number of likely N-dealkylation sites (tertiary alicyclic amines) is 1. The number of aromatic hydroxyl groups is 1. The molecule has 4 aromatic heterocycles. The van der Waals surface area contributed by atoms with Crippen molar-refractivity contribution in [1.82, 2.24) is 50.0 Å². The van der Waals surface area contributed by atoms with E-state index in [1.807, 2.05) is 81.9 Å². The van der Waals surface area contributed by atoms with Gasteiger partial charge in [0, 0.05) is 101 Å². The molecule has 0 spiro atoms. The number of nitrogens with zero attached hydrogens (tertiary/aromatic N) is 11. The third-order valence-electron chi connectivity index (χ3n) is 15.0. The van der Waals surface area contributed by atoms with E-state index < -0.39 is 18.2 Å². The lowest BCUT2D eigenvalue weighted by Crippen LogP contribution is -2.54. The third-order valence-corrected chi connectivity index (χ3v) is 16.0. The molecule has 10 rings (SSSR count). The van der Waals surface area contributed by atoms with Gasteiger partial charge in [-0.1, -0.05) is 50.2 Å². The molecule has 4 fully saturated rings. The number of para-hydroxylation sites is 1. The molecule has 4 aliphatic heterocycles. The van der Waals surface area contributed by atoms with E-state index >= 15 is 0 Å². The molecular formula is C54H67N13O6S. The van der Waals surface area contributed by atoms with E-state index in [0.717, 1.165) is 98.3 Å². The molecule has 5 unspecified atom stereocenters. The summed E-state index contributed by atoms with van der Waals surface area (Å²) < 4.78 is 14.0. The number of piperazine rings is 2. The van der Waals surface area contributed by atoms with Gasteiger partial charge in [0.25, 0.3) is 0 Å². The van der Waals surface area contributed by atoms with Gasteiger partial charge in [0.05, 0.1) is 52.0 Å². The van der Waals surface area contributed by atoms with Crippen LogP contribution in [0, 0.1) is 12.8 Å². The van der Waals surface area contributed by atoms with Crippen molar-refractivity contribution >= 4 is 40.3 Å². The van der Waals surface area contributed by atoms with Crippen LogP contribution in [0.2, 0.25) is 0 Å². The Hall–Kier alpha value is -6.87. The second-order valence-electron chi connectivity index (χ2n) is 20.3. The van der Waals surface area contributed by atoms with Crippen LogP contribution >= 0.6 is 11.3 Å². The van der Waals surface area contributed by atoms with Crippen LogP contribution in [-0.2, 0) is 9.59 Å². The minimum Gasteiger partial charge on any atom is -0.507 e. The number of phenols is 1.